The molecule has 1 aliphatic rings. The first-order valence-electron chi connectivity index (χ1n) is 6.50. The largest absolute Gasteiger partial charge is 0.399 e. The predicted molar refractivity (Wildman–Crippen MR) is 74.1 cm³/mol. The summed E-state index contributed by atoms with van der Waals surface area (Å²) in [5.41, 5.74) is 7.04. The molecule has 2 rings (SSSR count). The molecular formula is C15H20N2O2. The molecule has 1 aromatic carbocycles. The van der Waals surface area contributed by atoms with Gasteiger partial charge in [0, 0.05) is 18.5 Å². The Morgan fingerprint density at radius 2 is 1.79 bits per heavy atom. The monoisotopic (exact) mass is 260 g/mol. The van der Waals surface area contributed by atoms with Crippen LogP contribution in [-0.2, 0) is 9.59 Å². The van der Waals surface area contributed by atoms with Crippen molar-refractivity contribution < 1.29 is 9.59 Å². The molecule has 1 heterocycles. The highest BCUT2D eigenvalue weighted by molar-refractivity contribution is 5.98. The molecule has 19 heavy (non-hydrogen) atoms. The van der Waals surface area contributed by atoms with Crippen molar-refractivity contribution in [3.63, 3.8) is 0 Å². The minimum atomic E-state index is -0.264. The Hall–Kier alpha value is -1.84. The quantitative estimate of drug-likeness (QED) is 0.656. The first-order chi connectivity index (χ1) is 8.80. The molecule has 1 atom stereocenters. The first kappa shape index (κ1) is 13.6. The molecule has 1 aliphatic heterocycles. The Labute approximate surface area is 113 Å². The molecule has 2 amide bonds. The van der Waals surface area contributed by atoms with Crippen LogP contribution in [0.25, 0.3) is 0 Å². The number of hydrogen-bond donors (Lipinski definition) is 1. The van der Waals surface area contributed by atoms with Crippen LogP contribution < -0.4 is 5.73 Å². The van der Waals surface area contributed by atoms with E-state index in [0.29, 0.717) is 18.5 Å². The molecule has 4 nitrogen and oxygen atoms in total. The fourth-order valence-corrected chi connectivity index (χ4v) is 2.59. The highest BCUT2D eigenvalue weighted by Gasteiger charge is 2.39. The summed E-state index contributed by atoms with van der Waals surface area (Å²) < 4.78 is 0. The van der Waals surface area contributed by atoms with Gasteiger partial charge in [-0.25, -0.2) is 0 Å². The van der Waals surface area contributed by atoms with E-state index >= 15 is 0 Å². The molecule has 0 spiro atoms. The number of nitrogens with zero attached hydrogens (tertiary/aromatic N) is 1. The standard InChI is InChI=1S/C15H20N2O2/c1-10(11-5-4-6-12(16)7-11)17-13(18)8-15(2,3)9-14(17)19/h4-7,10H,8-9,16H2,1-3H3. The number of piperidine rings is 1. The van der Waals surface area contributed by atoms with Crippen molar-refractivity contribution in [1.82, 2.24) is 4.90 Å². The number of rotatable bonds is 2. The Kier molecular flexibility index (Phi) is 3.35. The molecule has 0 radical (unpaired) electrons. The molecular weight excluding hydrogens is 240 g/mol. The number of nitrogen functional groups attached to an aromatic ring is 1. The van der Waals surface area contributed by atoms with E-state index in [4.69, 9.17) is 5.73 Å². The summed E-state index contributed by atoms with van der Waals surface area (Å²) in [6, 6.07) is 7.06. The number of imide groups is 1. The van der Waals surface area contributed by atoms with Gasteiger partial charge in [0.25, 0.3) is 0 Å². The Morgan fingerprint density at radius 1 is 1.21 bits per heavy atom. The van der Waals surface area contributed by atoms with E-state index in [1.54, 1.807) is 6.07 Å². The third-order valence-corrected chi connectivity index (χ3v) is 3.58. The van der Waals surface area contributed by atoms with E-state index in [0.717, 1.165) is 5.56 Å². The number of amides is 2. The molecule has 1 aromatic rings. The van der Waals surface area contributed by atoms with Crippen molar-refractivity contribution in [3.05, 3.63) is 29.8 Å². The van der Waals surface area contributed by atoms with Crippen LogP contribution >= 0.6 is 0 Å². The fourth-order valence-electron chi connectivity index (χ4n) is 2.59. The minimum absolute atomic E-state index is 0.101. The number of anilines is 1. The minimum Gasteiger partial charge on any atom is -0.399 e. The summed E-state index contributed by atoms with van der Waals surface area (Å²) in [6.07, 6.45) is 0.816. The van der Waals surface area contributed by atoms with Crippen LogP contribution in [0.2, 0.25) is 0 Å². The van der Waals surface area contributed by atoms with E-state index in [1.165, 1.54) is 4.90 Å². The molecule has 4 heteroatoms. The fraction of sp³-hybridized carbons (Fsp3) is 0.467. The highest BCUT2D eigenvalue weighted by Crippen LogP contribution is 2.35. The van der Waals surface area contributed by atoms with Crippen LogP contribution in [0.1, 0.15) is 45.2 Å². The molecule has 0 saturated carbocycles. The average molecular weight is 260 g/mol. The van der Waals surface area contributed by atoms with Crippen LogP contribution in [0, 0.1) is 5.41 Å². The molecule has 2 N–H and O–H groups in total. The van der Waals surface area contributed by atoms with Crippen molar-refractivity contribution in [3.8, 4) is 0 Å². The zero-order valence-corrected chi connectivity index (χ0v) is 11.6. The first-order valence-corrected chi connectivity index (χ1v) is 6.50. The number of carbonyl (C=O) groups excluding carboxylic acids is 2. The van der Waals surface area contributed by atoms with Gasteiger partial charge in [0.05, 0.1) is 6.04 Å². The predicted octanol–water partition coefficient (Wildman–Crippen LogP) is 2.51. The van der Waals surface area contributed by atoms with Gasteiger partial charge >= 0.3 is 0 Å². The van der Waals surface area contributed by atoms with Gasteiger partial charge in [0.1, 0.15) is 0 Å². The smallest absolute Gasteiger partial charge is 0.230 e. The number of nitrogens with two attached hydrogens (primary N) is 1. The van der Waals surface area contributed by atoms with Crippen molar-refractivity contribution in [1.29, 1.82) is 0 Å². The lowest BCUT2D eigenvalue weighted by atomic mass is 9.81. The van der Waals surface area contributed by atoms with Crippen LogP contribution in [0.3, 0.4) is 0 Å². The lowest BCUT2D eigenvalue weighted by Crippen LogP contribution is -2.47. The molecule has 1 unspecified atom stereocenters. The van der Waals surface area contributed by atoms with Gasteiger partial charge in [-0.2, -0.15) is 0 Å². The van der Waals surface area contributed by atoms with E-state index < -0.39 is 0 Å². The van der Waals surface area contributed by atoms with Gasteiger partial charge in [-0.1, -0.05) is 26.0 Å². The lowest BCUT2D eigenvalue weighted by molar-refractivity contribution is -0.155. The number of likely N-dealkylation sites (tertiary alicyclic amines) is 1. The van der Waals surface area contributed by atoms with Crippen LogP contribution in [-0.4, -0.2) is 16.7 Å². The van der Waals surface area contributed by atoms with Crippen molar-refractivity contribution >= 4 is 17.5 Å². The second kappa shape index (κ2) is 4.68. The van der Waals surface area contributed by atoms with Gasteiger partial charge in [0.2, 0.25) is 11.8 Å². The van der Waals surface area contributed by atoms with Gasteiger partial charge in [-0.15, -0.1) is 0 Å². The number of benzene rings is 1. The van der Waals surface area contributed by atoms with Crippen molar-refractivity contribution in [2.45, 2.75) is 39.7 Å². The SMILES string of the molecule is CC(c1cccc(N)c1)N1C(=O)CC(C)(C)CC1=O. The average Bonchev–Trinajstić information content (AvgIpc) is 2.25. The maximum Gasteiger partial charge on any atom is 0.230 e. The second-order valence-electron chi connectivity index (χ2n) is 6.02. The normalized spacial score (nSPS) is 20.5. The third kappa shape index (κ3) is 2.78. The number of hydrogen-bond acceptors (Lipinski definition) is 3. The van der Waals surface area contributed by atoms with E-state index in [2.05, 4.69) is 0 Å². The third-order valence-electron chi connectivity index (χ3n) is 3.58. The topological polar surface area (TPSA) is 63.4 Å². The van der Waals surface area contributed by atoms with Crippen LogP contribution in [0.5, 0.6) is 0 Å². The van der Waals surface area contributed by atoms with Gasteiger partial charge in [-0.3, -0.25) is 14.5 Å². The summed E-state index contributed by atoms with van der Waals surface area (Å²) in [6.45, 7) is 5.76. The Bertz CT molecular complexity index is 503. The second-order valence-corrected chi connectivity index (χ2v) is 6.02. The molecule has 0 aromatic heterocycles. The van der Waals surface area contributed by atoms with Crippen molar-refractivity contribution in [2.24, 2.45) is 5.41 Å². The summed E-state index contributed by atoms with van der Waals surface area (Å²) in [5.74, 6) is -0.202. The van der Waals surface area contributed by atoms with E-state index in [1.807, 2.05) is 39.0 Å². The lowest BCUT2D eigenvalue weighted by Gasteiger charge is -2.38. The van der Waals surface area contributed by atoms with E-state index in [9.17, 15) is 9.59 Å². The van der Waals surface area contributed by atoms with E-state index in [-0.39, 0.29) is 23.3 Å². The van der Waals surface area contributed by atoms with Gasteiger partial charge in [-0.05, 0) is 30.0 Å². The zero-order chi connectivity index (χ0) is 14.2. The molecule has 1 saturated heterocycles. The molecule has 0 aliphatic carbocycles. The summed E-state index contributed by atoms with van der Waals surface area (Å²) in [5, 5.41) is 0. The molecule has 102 valence electrons. The Balaban J connectivity index is 2.26. The van der Waals surface area contributed by atoms with Crippen LogP contribution in [0.4, 0.5) is 5.69 Å². The van der Waals surface area contributed by atoms with Gasteiger partial charge < -0.3 is 5.73 Å². The zero-order valence-electron chi connectivity index (χ0n) is 11.6. The maximum absolute atomic E-state index is 12.2. The van der Waals surface area contributed by atoms with Crippen LogP contribution in [0.15, 0.2) is 24.3 Å². The van der Waals surface area contributed by atoms with Gasteiger partial charge in [0.15, 0.2) is 0 Å². The maximum atomic E-state index is 12.2. The highest BCUT2D eigenvalue weighted by atomic mass is 16.2. The summed E-state index contributed by atoms with van der Waals surface area (Å²) in [4.78, 5) is 25.8. The summed E-state index contributed by atoms with van der Waals surface area (Å²) in [7, 11) is 0. The summed E-state index contributed by atoms with van der Waals surface area (Å²) >= 11 is 0. The van der Waals surface area contributed by atoms with Crippen molar-refractivity contribution in [2.75, 3.05) is 5.73 Å². The molecule has 1 fully saturated rings. The molecule has 0 bridgehead atoms. The Morgan fingerprint density at radius 3 is 2.32 bits per heavy atom. The number of carbonyl (C=O) groups is 2.